The van der Waals surface area contributed by atoms with Crippen LogP contribution in [0, 0.1) is 5.92 Å². The van der Waals surface area contributed by atoms with E-state index in [0.29, 0.717) is 5.92 Å². The van der Waals surface area contributed by atoms with Crippen LogP contribution in [0.15, 0.2) is 24.3 Å². The van der Waals surface area contributed by atoms with Crippen LogP contribution in [0.3, 0.4) is 0 Å². The van der Waals surface area contributed by atoms with Crippen molar-refractivity contribution in [2.75, 3.05) is 5.32 Å². The van der Waals surface area contributed by atoms with Crippen LogP contribution in [0.1, 0.15) is 32.3 Å². The lowest BCUT2D eigenvalue weighted by molar-refractivity contribution is 0.248. The van der Waals surface area contributed by atoms with E-state index in [1.54, 1.807) is 0 Å². The van der Waals surface area contributed by atoms with Crippen molar-refractivity contribution in [3.63, 3.8) is 0 Å². The van der Waals surface area contributed by atoms with Gasteiger partial charge in [-0.25, -0.2) is 4.79 Å². The molecule has 92 valence electrons. The summed E-state index contributed by atoms with van der Waals surface area (Å²) in [6.07, 6.45) is 3.47. The van der Waals surface area contributed by atoms with Crippen LogP contribution < -0.4 is 10.6 Å². The van der Waals surface area contributed by atoms with Gasteiger partial charge in [-0.1, -0.05) is 19.1 Å². The summed E-state index contributed by atoms with van der Waals surface area (Å²) in [5.41, 5.74) is 2.10. The molecule has 0 heterocycles. The van der Waals surface area contributed by atoms with Crippen molar-refractivity contribution in [2.45, 2.75) is 39.2 Å². The number of carbonyl (C=O) groups is 1. The van der Waals surface area contributed by atoms with Gasteiger partial charge >= 0.3 is 6.03 Å². The Morgan fingerprint density at radius 2 is 2.24 bits per heavy atom. The highest BCUT2D eigenvalue weighted by atomic mass is 16.2. The molecule has 1 unspecified atom stereocenters. The Kier molecular flexibility index (Phi) is 3.67. The molecule has 3 nitrogen and oxygen atoms in total. The summed E-state index contributed by atoms with van der Waals surface area (Å²) in [6, 6.07) is 8.15. The van der Waals surface area contributed by atoms with Gasteiger partial charge in [0.1, 0.15) is 0 Å². The van der Waals surface area contributed by atoms with Gasteiger partial charge in [-0.05, 0) is 49.8 Å². The second-order valence-electron chi connectivity index (χ2n) is 4.78. The smallest absolute Gasteiger partial charge is 0.319 e. The Morgan fingerprint density at radius 3 is 2.88 bits per heavy atom. The van der Waals surface area contributed by atoms with Crippen LogP contribution in [-0.2, 0) is 6.42 Å². The van der Waals surface area contributed by atoms with Gasteiger partial charge in [0, 0.05) is 11.7 Å². The summed E-state index contributed by atoms with van der Waals surface area (Å²) >= 11 is 0. The maximum atomic E-state index is 11.7. The molecule has 1 fully saturated rings. The molecule has 1 saturated carbocycles. The van der Waals surface area contributed by atoms with Crippen LogP contribution in [0.2, 0.25) is 0 Å². The zero-order valence-electron chi connectivity index (χ0n) is 10.5. The molecule has 0 radical (unpaired) electrons. The summed E-state index contributed by atoms with van der Waals surface area (Å²) in [5, 5.41) is 5.86. The highest BCUT2D eigenvalue weighted by Crippen LogP contribution is 2.32. The number of rotatable bonds is 4. The predicted molar refractivity (Wildman–Crippen MR) is 70.2 cm³/mol. The number of carbonyl (C=O) groups excluding carboxylic acids is 1. The number of hydrogen-bond donors (Lipinski definition) is 2. The van der Waals surface area contributed by atoms with Crippen molar-refractivity contribution in [1.82, 2.24) is 5.32 Å². The minimum atomic E-state index is -0.0994. The average molecular weight is 232 g/mol. The van der Waals surface area contributed by atoms with E-state index < -0.39 is 0 Å². The largest absolute Gasteiger partial charge is 0.335 e. The van der Waals surface area contributed by atoms with Gasteiger partial charge in [0.15, 0.2) is 0 Å². The molecule has 1 aliphatic carbocycles. The van der Waals surface area contributed by atoms with Gasteiger partial charge in [0.05, 0.1) is 0 Å². The van der Waals surface area contributed by atoms with Crippen molar-refractivity contribution in [3.05, 3.63) is 29.8 Å². The zero-order chi connectivity index (χ0) is 12.3. The third-order valence-electron chi connectivity index (χ3n) is 3.28. The summed E-state index contributed by atoms with van der Waals surface area (Å²) in [4.78, 5) is 11.7. The van der Waals surface area contributed by atoms with Crippen molar-refractivity contribution < 1.29 is 4.79 Å². The minimum Gasteiger partial charge on any atom is -0.335 e. The van der Waals surface area contributed by atoms with Gasteiger partial charge in [-0.15, -0.1) is 0 Å². The molecule has 0 bridgehead atoms. The fraction of sp³-hybridized carbons (Fsp3) is 0.500. The lowest BCUT2D eigenvalue weighted by Crippen LogP contribution is -2.37. The fourth-order valence-electron chi connectivity index (χ4n) is 1.96. The minimum absolute atomic E-state index is 0.0994. The lowest BCUT2D eigenvalue weighted by Gasteiger charge is -2.14. The van der Waals surface area contributed by atoms with Crippen LogP contribution >= 0.6 is 0 Å². The molecule has 0 spiro atoms. The quantitative estimate of drug-likeness (QED) is 0.822. The van der Waals surface area contributed by atoms with E-state index in [4.69, 9.17) is 0 Å². The highest BCUT2D eigenvalue weighted by Gasteiger charge is 2.28. The number of benzene rings is 1. The summed E-state index contributed by atoms with van der Waals surface area (Å²) in [6.45, 7) is 4.17. The molecule has 2 rings (SSSR count). The Bertz CT molecular complexity index is 399. The van der Waals surface area contributed by atoms with E-state index >= 15 is 0 Å². The number of amides is 2. The number of hydrogen-bond acceptors (Lipinski definition) is 1. The molecule has 1 aliphatic rings. The molecule has 0 saturated heterocycles. The third-order valence-corrected chi connectivity index (χ3v) is 3.28. The fourth-order valence-corrected chi connectivity index (χ4v) is 1.96. The topological polar surface area (TPSA) is 41.1 Å². The predicted octanol–water partition coefficient (Wildman–Crippen LogP) is 3.17. The molecular weight excluding hydrogens is 212 g/mol. The Balaban J connectivity index is 1.88. The van der Waals surface area contributed by atoms with Crippen molar-refractivity contribution in [3.8, 4) is 0 Å². The first-order valence-electron chi connectivity index (χ1n) is 6.35. The number of aryl methyl sites for hydroxylation is 1. The summed E-state index contributed by atoms with van der Waals surface area (Å²) < 4.78 is 0. The van der Waals surface area contributed by atoms with Crippen LogP contribution in [0.5, 0.6) is 0 Å². The van der Waals surface area contributed by atoms with E-state index in [1.807, 2.05) is 18.2 Å². The molecule has 17 heavy (non-hydrogen) atoms. The second kappa shape index (κ2) is 5.21. The first kappa shape index (κ1) is 12.0. The standard InChI is InChI=1S/C14H20N2O/c1-3-11-5-4-6-13(9-11)16-14(17)15-10(2)12-7-8-12/h4-6,9-10,12H,3,7-8H2,1-2H3,(H2,15,16,17). The van der Waals surface area contributed by atoms with E-state index in [-0.39, 0.29) is 12.1 Å². The normalized spacial score (nSPS) is 16.4. The second-order valence-corrected chi connectivity index (χ2v) is 4.78. The first-order chi connectivity index (χ1) is 8.19. The highest BCUT2D eigenvalue weighted by molar-refractivity contribution is 5.89. The molecule has 0 aromatic heterocycles. The van der Waals surface area contributed by atoms with Crippen molar-refractivity contribution in [1.29, 1.82) is 0 Å². The van der Waals surface area contributed by atoms with Crippen LogP contribution in [0.25, 0.3) is 0 Å². The monoisotopic (exact) mass is 232 g/mol. The number of urea groups is 1. The van der Waals surface area contributed by atoms with Gasteiger partial charge in [0.25, 0.3) is 0 Å². The van der Waals surface area contributed by atoms with E-state index in [1.165, 1.54) is 18.4 Å². The Morgan fingerprint density at radius 1 is 1.47 bits per heavy atom. The van der Waals surface area contributed by atoms with Gasteiger partial charge in [0.2, 0.25) is 0 Å². The maximum Gasteiger partial charge on any atom is 0.319 e. The van der Waals surface area contributed by atoms with Gasteiger partial charge in [-0.2, -0.15) is 0 Å². The van der Waals surface area contributed by atoms with Crippen LogP contribution in [0.4, 0.5) is 10.5 Å². The molecule has 1 aromatic rings. The molecule has 3 heteroatoms. The molecule has 1 atom stereocenters. The number of anilines is 1. The van der Waals surface area contributed by atoms with Crippen LogP contribution in [-0.4, -0.2) is 12.1 Å². The van der Waals surface area contributed by atoms with Crippen molar-refractivity contribution in [2.24, 2.45) is 5.92 Å². The van der Waals surface area contributed by atoms with Gasteiger partial charge in [-0.3, -0.25) is 0 Å². The molecule has 1 aromatic carbocycles. The van der Waals surface area contributed by atoms with E-state index in [2.05, 4.69) is 30.5 Å². The third kappa shape index (κ3) is 3.48. The van der Waals surface area contributed by atoms with E-state index in [0.717, 1.165) is 12.1 Å². The molecular formula is C14H20N2O. The molecule has 2 N–H and O–H groups in total. The van der Waals surface area contributed by atoms with Gasteiger partial charge < -0.3 is 10.6 Å². The van der Waals surface area contributed by atoms with E-state index in [9.17, 15) is 4.79 Å². The summed E-state index contributed by atoms with van der Waals surface area (Å²) in [7, 11) is 0. The first-order valence-corrected chi connectivity index (χ1v) is 6.35. The Labute approximate surface area is 103 Å². The lowest BCUT2D eigenvalue weighted by atomic mass is 10.1. The molecule has 0 aliphatic heterocycles. The number of nitrogens with one attached hydrogen (secondary N) is 2. The Hall–Kier alpha value is -1.51. The zero-order valence-corrected chi connectivity index (χ0v) is 10.5. The molecule has 2 amide bonds. The average Bonchev–Trinajstić information content (AvgIpc) is 3.12. The summed E-state index contributed by atoms with van der Waals surface area (Å²) in [5.74, 6) is 0.683. The van der Waals surface area contributed by atoms with Crippen molar-refractivity contribution >= 4 is 11.7 Å². The maximum absolute atomic E-state index is 11.7. The SMILES string of the molecule is CCc1cccc(NC(=O)NC(C)C2CC2)c1.